The van der Waals surface area contributed by atoms with Gasteiger partial charge in [-0.2, -0.15) is 0 Å². The molecule has 1 aliphatic rings. The van der Waals surface area contributed by atoms with Gasteiger partial charge in [0, 0.05) is 32.3 Å². The number of aromatic nitrogens is 1. The number of nitrogens with one attached hydrogen (secondary N) is 1. The highest BCUT2D eigenvalue weighted by Gasteiger charge is 2.23. The summed E-state index contributed by atoms with van der Waals surface area (Å²) in [5.74, 6) is 0.926. The monoisotopic (exact) mass is 278 g/mol. The number of nitrogens with zero attached hydrogens (tertiary/aromatic N) is 1. The molecule has 0 aliphatic heterocycles. The predicted octanol–water partition coefficient (Wildman–Crippen LogP) is 2.92. The molecule has 1 heterocycles. The SMILES string of the molecule is CCCNCc1cc(OC2CCCC(OC)C2)ccn1. The fourth-order valence-corrected chi connectivity index (χ4v) is 2.63. The first-order chi connectivity index (χ1) is 9.81. The summed E-state index contributed by atoms with van der Waals surface area (Å²) < 4.78 is 11.5. The van der Waals surface area contributed by atoms with Crippen molar-refractivity contribution >= 4 is 0 Å². The number of rotatable bonds is 7. The maximum atomic E-state index is 6.09. The molecule has 112 valence electrons. The quantitative estimate of drug-likeness (QED) is 0.779. The van der Waals surface area contributed by atoms with Crippen molar-refractivity contribution in [3.63, 3.8) is 0 Å². The third kappa shape index (κ3) is 4.76. The first-order valence-corrected chi connectivity index (χ1v) is 7.67. The number of hydrogen-bond donors (Lipinski definition) is 1. The van der Waals surface area contributed by atoms with Gasteiger partial charge < -0.3 is 14.8 Å². The van der Waals surface area contributed by atoms with Crippen molar-refractivity contribution in [3.8, 4) is 5.75 Å². The molecule has 1 aromatic heterocycles. The van der Waals surface area contributed by atoms with Crippen LogP contribution in [0.1, 0.15) is 44.7 Å². The van der Waals surface area contributed by atoms with Gasteiger partial charge in [-0.1, -0.05) is 6.92 Å². The Morgan fingerprint density at radius 1 is 1.35 bits per heavy atom. The molecule has 20 heavy (non-hydrogen) atoms. The molecule has 4 heteroatoms. The second kappa shape index (κ2) is 8.22. The van der Waals surface area contributed by atoms with E-state index >= 15 is 0 Å². The lowest BCUT2D eigenvalue weighted by Crippen LogP contribution is -2.29. The molecular formula is C16H26N2O2. The highest BCUT2D eigenvalue weighted by atomic mass is 16.5. The Bertz CT molecular complexity index is 398. The van der Waals surface area contributed by atoms with E-state index in [0.29, 0.717) is 6.10 Å². The van der Waals surface area contributed by atoms with E-state index in [4.69, 9.17) is 9.47 Å². The van der Waals surface area contributed by atoms with E-state index in [9.17, 15) is 0 Å². The summed E-state index contributed by atoms with van der Waals surface area (Å²) >= 11 is 0. The Morgan fingerprint density at radius 3 is 3.00 bits per heavy atom. The molecule has 0 saturated heterocycles. The molecule has 0 amide bonds. The molecule has 2 atom stereocenters. The molecule has 0 radical (unpaired) electrons. The standard InChI is InChI=1S/C16H26N2O2/c1-3-8-17-12-13-10-16(7-9-18-13)20-15-6-4-5-14(11-15)19-2/h7,9-10,14-15,17H,3-6,8,11-12H2,1-2H3. The van der Waals surface area contributed by atoms with Crippen LogP contribution in [0, 0.1) is 0 Å². The van der Waals surface area contributed by atoms with Gasteiger partial charge in [0.15, 0.2) is 0 Å². The van der Waals surface area contributed by atoms with Crippen molar-refractivity contribution in [2.45, 2.75) is 57.8 Å². The molecule has 0 bridgehead atoms. The first kappa shape index (κ1) is 15.3. The minimum absolute atomic E-state index is 0.271. The first-order valence-electron chi connectivity index (χ1n) is 7.67. The van der Waals surface area contributed by atoms with E-state index in [2.05, 4.69) is 17.2 Å². The highest BCUT2D eigenvalue weighted by molar-refractivity contribution is 5.23. The summed E-state index contributed by atoms with van der Waals surface area (Å²) in [4.78, 5) is 4.37. The van der Waals surface area contributed by atoms with Crippen LogP contribution in [0.2, 0.25) is 0 Å². The molecule has 1 saturated carbocycles. The molecule has 4 nitrogen and oxygen atoms in total. The zero-order chi connectivity index (χ0) is 14.2. The van der Waals surface area contributed by atoms with Crippen LogP contribution >= 0.6 is 0 Å². The predicted molar refractivity (Wildman–Crippen MR) is 79.9 cm³/mol. The Morgan fingerprint density at radius 2 is 2.20 bits per heavy atom. The van der Waals surface area contributed by atoms with Gasteiger partial charge in [0.05, 0.1) is 11.8 Å². The Kier molecular flexibility index (Phi) is 6.27. The fourth-order valence-electron chi connectivity index (χ4n) is 2.63. The lowest BCUT2D eigenvalue weighted by atomic mass is 9.95. The lowest BCUT2D eigenvalue weighted by molar-refractivity contribution is 0.0209. The third-order valence-electron chi connectivity index (χ3n) is 3.73. The molecule has 1 N–H and O–H groups in total. The van der Waals surface area contributed by atoms with Crippen LogP contribution in [-0.4, -0.2) is 30.8 Å². The van der Waals surface area contributed by atoms with Gasteiger partial charge in [-0.15, -0.1) is 0 Å². The zero-order valence-corrected chi connectivity index (χ0v) is 12.6. The summed E-state index contributed by atoms with van der Waals surface area (Å²) in [7, 11) is 1.79. The molecule has 1 fully saturated rings. The smallest absolute Gasteiger partial charge is 0.123 e. The molecule has 1 aromatic rings. The average Bonchev–Trinajstić information content (AvgIpc) is 2.48. The fraction of sp³-hybridized carbons (Fsp3) is 0.688. The van der Waals surface area contributed by atoms with Gasteiger partial charge in [0.1, 0.15) is 11.9 Å². The summed E-state index contributed by atoms with van der Waals surface area (Å²) in [6.45, 7) is 3.98. The number of ether oxygens (including phenoxy) is 2. The van der Waals surface area contributed by atoms with Crippen LogP contribution in [0.15, 0.2) is 18.3 Å². The third-order valence-corrected chi connectivity index (χ3v) is 3.73. The normalized spacial score (nSPS) is 22.7. The van der Waals surface area contributed by atoms with Crippen molar-refractivity contribution in [3.05, 3.63) is 24.0 Å². The average molecular weight is 278 g/mol. The Balaban J connectivity index is 1.87. The number of hydrogen-bond acceptors (Lipinski definition) is 4. The topological polar surface area (TPSA) is 43.4 Å². The van der Waals surface area contributed by atoms with E-state index in [0.717, 1.165) is 50.2 Å². The molecular weight excluding hydrogens is 252 g/mol. The summed E-state index contributed by atoms with van der Waals surface area (Å²) in [6, 6.07) is 3.98. The molecule has 1 aliphatic carbocycles. The maximum Gasteiger partial charge on any atom is 0.123 e. The zero-order valence-electron chi connectivity index (χ0n) is 12.6. The van der Waals surface area contributed by atoms with Gasteiger partial charge in [-0.25, -0.2) is 0 Å². The molecule has 2 unspecified atom stereocenters. The Labute approximate surface area is 121 Å². The van der Waals surface area contributed by atoms with E-state index in [1.807, 2.05) is 18.3 Å². The maximum absolute atomic E-state index is 6.09. The highest BCUT2D eigenvalue weighted by Crippen LogP contribution is 2.25. The minimum Gasteiger partial charge on any atom is -0.490 e. The van der Waals surface area contributed by atoms with Crippen LogP contribution in [0.25, 0.3) is 0 Å². The van der Waals surface area contributed by atoms with E-state index < -0.39 is 0 Å². The molecule has 2 rings (SSSR count). The van der Waals surface area contributed by atoms with Crippen LogP contribution < -0.4 is 10.1 Å². The lowest BCUT2D eigenvalue weighted by Gasteiger charge is -2.28. The van der Waals surface area contributed by atoms with Gasteiger partial charge >= 0.3 is 0 Å². The molecule has 0 spiro atoms. The van der Waals surface area contributed by atoms with Crippen LogP contribution in [0.4, 0.5) is 0 Å². The van der Waals surface area contributed by atoms with Crippen molar-refractivity contribution in [2.24, 2.45) is 0 Å². The second-order valence-electron chi connectivity index (χ2n) is 5.42. The summed E-state index contributed by atoms with van der Waals surface area (Å²) in [5, 5.41) is 3.36. The number of pyridine rings is 1. The minimum atomic E-state index is 0.271. The van der Waals surface area contributed by atoms with E-state index in [1.54, 1.807) is 7.11 Å². The van der Waals surface area contributed by atoms with Crippen molar-refractivity contribution < 1.29 is 9.47 Å². The van der Waals surface area contributed by atoms with Crippen LogP contribution in [0.3, 0.4) is 0 Å². The summed E-state index contributed by atoms with van der Waals surface area (Å²) in [5.41, 5.74) is 1.04. The van der Waals surface area contributed by atoms with Crippen molar-refractivity contribution in [1.82, 2.24) is 10.3 Å². The van der Waals surface area contributed by atoms with Crippen molar-refractivity contribution in [2.75, 3.05) is 13.7 Å². The Hall–Kier alpha value is -1.13. The van der Waals surface area contributed by atoms with Crippen molar-refractivity contribution in [1.29, 1.82) is 0 Å². The van der Waals surface area contributed by atoms with Gasteiger partial charge in [-0.05, 0) is 38.3 Å². The summed E-state index contributed by atoms with van der Waals surface area (Å²) in [6.07, 6.45) is 8.02. The second-order valence-corrected chi connectivity index (χ2v) is 5.42. The molecule has 0 aromatic carbocycles. The van der Waals surface area contributed by atoms with Gasteiger partial charge in [-0.3, -0.25) is 4.98 Å². The number of methoxy groups -OCH3 is 1. The van der Waals surface area contributed by atoms with E-state index in [-0.39, 0.29) is 6.10 Å². The van der Waals surface area contributed by atoms with Crippen LogP contribution in [0.5, 0.6) is 5.75 Å². The van der Waals surface area contributed by atoms with Crippen LogP contribution in [-0.2, 0) is 11.3 Å². The van der Waals surface area contributed by atoms with E-state index in [1.165, 1.54) is 6.42 Å². The van der Waals surface area contributed by atoms with Gasteiger partial charge in [0.25, 0.3) is 0 Å². The largest absolute Gasteiger partial charge is 0.490 e. The van der Waals surface area contributed by atoms with Gasteiger partial charge in [0.2, 0.25) is 0 Å².